The van der Waals surface area contributed by atoms with Crippen LogP contribution in [0.5, 0.6) is 0 Å². The van der Waals surface area contributed by atoms with Gasteiger partial charge in [-0.25, -0.2) is 4.39 Å². The highest BCUT2D eigenvalue weighted by Gasteiger charge is 2.85. The summed E-state index contributed by atoms with van der Waals surface area (Å²) in [7, 11) is 0. The van der Waals surface area contributed by atoms with Gasteiger partial charge in [0, 0.05) is 19.2 Å². The van der Waals surface area contributed by atoms with Crippen molar-refractivity contribution in [2.24, 2.45) is 56.5 Å². The molecule has 1 unspecified atom stereocenters. The molecule has 1 aromatic heterocycles. The molecule has 3 N–H and O–H groups in total. The average molecular weight is 698 g/mol. The maximum atomic E-state index is 14.0. The van der Waals surface area contributed by atoms with Crippen molar-refractivity contribution in [2.75, 3.05) is 31.2 Å². The van der Waals surface area contributed by atoms with E-state index in [4.69, 9.17) is 24.7 Å². The van der Waals surface area contributed by atoms with E-state index < -0.39 is 11.6 Å². The number of morpholine rings is 1. The van der Waals surface area contributed by atoms with Crippen molar-refractivity contribution in [2.45, 2.75) is 149 Å². The van der Waals surface area contributed by atoms with Gasteiger partial charge in [0.25, 0.3) is 0 Å². The fourth-order valence-electron chi connectivity index (χ4n) is 14.2. The summed E-state index contributed by atoms with van der Waals surface area (Å²) in [5, 5.41) is 12.6. The Balaban J connectivity index is 1.02. The van der Waals surface area contributed by atoms with Crippen molar-refractivity contribution in [3.63, 3.8) is 0 Å². The SMILES string of the molecule is CCO[C@@H]([C@H]1C[C@@H](C)[C@H]2[C@H](O1)[C@H](O)[C@@]1(N)[C@@H]3CC[C@H]4C(C)(C)[C@@H](O[C@H]5CN(c6cncc(F)c6)CCO5)CCC45C[C@@]35CC[C@]21C)C(C)(C)C. The lowest BCUT2D eigenvalue weighted by atomic mass is 9.43. The van der Waals surface area contributed by atoms with Crippen molar-refractivity contribution in [1.82, 2.24) is 4.98 Å². The lowest BCUT2D eigenvalue weighted by Crippen LogP contribution is -2.70. The van der Waals surface area contributed by atoms with Gasteiger partial charge in [0.1, 0.15) is 5.82 Å². The van der Waals surface area contributed by atoms with Gasteiger partial charge < -0.3 is 34.7 Å². The second-order valence-corrected chi connectivity index (χ2v) is 19.7. The average Bonchev–Trinajstić information content (AvgIpc) is 3.69. The van der Waals surface area contributed by atoms with Crippen molar-refractivity contribution in [3.8, 4) is 0 Å². The molecule has 0 radical (unpaired) electrons. The lowest BCUT2D eigenvalue weighted by Gasteiger charge is -2.63. The van der Waals surface area contributed by atoms with Gasteiger partial charge in [-0.15, -0.1) is 0 Å². The molecule has 50 heavy (non-hydrogen) atoms. The van der Waals surface area contributed by atoms with E-state index in [0.717, 1.165) is 44.2 Å². The first kappa shape index (κ1) is 35.7. The molecule has 5 saturated carbocycles. The minimum Gasteiger partial charge on any atom is -0.388 e. The van der Waals surface area contributed by atoms with E-state index in [1.807, 2.05) is 0 Å². The molecule has 3 heterocycles. The van der Waals surface area contributed by atoms with Gasteiger partial charge in [-0.3, -0.25) is 4.98 Å². The molecular formula is C41H64FN3O5. The molecule has 7 fully saturated rings. The maximum absolute atomic E-state index is 14.0. The van der Waals surface area contributed by atoms with Crippen LogP contribution < -0.4 is 10.6 Å². The zero-order valence-corrected chi connectivity index (χ0v) is 31.9. The Morgan fingerprint density at radius 1 is 1.10 bits per heavy atom. The number of aliphatic hydroxyl groups excluding tert-OH is 1. The number of ether oxygens (including phenoxy) is 4. The van der Waals surface area contributed by atoms with E-state index in [9.17, 15) is 9.50 Å². The van der Waals surface area contributed by atoms with Crippen molar-refractivity contribution < 1.29 is 28.4 Å². The zero-order valence-electron chi connectivity index (χ0n) is 31.9. The summed E-state index contributed by atoms with van der Waals surface area (Å²) < 4.78 is 40.4. The molecule has 2 aliphatic heterocycles. The van der Waals surface area contributed by atoms with Gasteiger partial charge in [0.2, 0.25) is 0 Å². The van der Waals surface area contributed by atoms with Gasteiger partial charge in [-0.2, -0.15) is 0 Å². The van der Waals surface area contributed by atoms with E-state index in [-0.39, 0.29) is 75.4 Å². The predicted molar refractivity (Wildman–Crippen MR) is 191 cm³/mol. The molecule has 2 spiro atoms. The van der Waals surface area contributed by atoms with Crippen LogP contribution in [0.3, 0.4) is 0 Å². The van der Waals surface area contributed by atoms with Crippen LogP contribution in [0, 0.1) is 56.6 Å². The molecule has 14 atom stereocenters. The normalized spacial score (nSPS) is 48.5. The summed E-state index contributed by atoms with van der Waals surface area (Å²) in [5.41, 5.74) is 8.11. The van der Waals surface area contributed by atoms with Gasteiger partial charge in [-0.1, -0.05) is 48.5 Å². The summed E-state index contributed by atoms with van der Waals surface area (Å²) >= 11 is 0. The van der Waals surface area contributed by atoms with Crippen LogP contribution in [-0.2, 0) is 18.9 Å². The van der Waals surface area contributed by atoms with Gasteiger partial charge in [-0.05, 0) is 109 Å². The summed E-state index contributed by atoms with van der Waals surface area (Å²) in [6, 6.07) is 1.54. The van der Waals surface area contributed by atoms with Crippen LogP contribution in [0.1, 0.15) is 107 Å². The first-order valence-electron chi connectivity index (χ1n) is 19.9. The number of rotatable bonds is 6. The number of nitrogens with zero attached hydrogens (tertiary/aromatic N) is 2. The Hall–Kier alpha value is -1.36. The first-order valence-corrected chi connectivity index (χ1v) is 19.9. The van der Waals surface area contributed by atoms with Crippen molar-refractivity contribution >= 4 is 5.69 Å². The third kappa shape index (κ3) is 4.84. The minimum absolute atomic E-state index is 0.0270. The van der Waals surface area contributed by atoms with E-state index in [2.05, 4.69) is 65.3 Å². The fourth-order valence-corrected chi connectivity index (χ4v) is 14.2. The smallest absolute Gasteiger partial charge is 0.175 e. The number of aliphatic hydroxyl groups is 1. The minimum atomic E-state index is -0.686. The third-order valence-electron chi connectivity index (χ3n) is 16.2. The highest BCUT2D eigenvalue weighted by Crippen LogP contribution is 2.87. The van der Waals surface area contributed by atoms with Crippen LogP contribution in [-0.4, -0.2) is 78.7 Å². The molecule has 7 aliphatic rings. The Labute approximate surface area is 299 Å². The standard InChI is InChI=1S/C41H64FN3O5/c1-9-47-35(36(3,4)5)27-18-24(2)32-33(49-27)34(46)41(43)29-11-10-28-37(6,7)30(12-13-39(28)23-40(29,39)15-14-38(32,41)8)50-31-22-45(16-17-48-31)26-19-25(42)20-44-21-26/h19-21,24,27-35,46H,9-18,22-23,43H2,1-8H3/t24-,27-,28+,29-,30+,31+,32+,33+,34+,35+,38-,39?,40+,41+/m1/s1. The third-order valence-corrected chi connectivity index (χ3v) is 16.2. The van der Waals surface area contributed by atoms with E-state index in [1.54, 1.807) is 12.3 Å². The molecular weight excluding hydrogens is 633 g/mol. The molecule has 1 aromatic rings. The van der Waals surface area contributed by atoms with E-state index in [0.29, 0.717) is 38.1 Å². The first-order chi connectivity index (χ1) is 23.5. The van der Waals surface area contributed by atoms with E-state index in [1.165, 1.54) is 19.0 Å². The molecule has 0 aromatic carbocycles. The maximum Gasteiger partial charge on any atom is 0.175 e. The van der Waals surface area contributed by atoms with Crippen LogP contribution in [0.15, 0.2) is 18.5 Å². The number of anilines is 1. The largest absolute Gasteiger partial charge is 0.388 e. The summed E-state index contributed by atoms with van der Waals surface area (Å²) in [4.78, 5) is 6.19. The van der Waals surface area contributed by atoms with Gasteiger partial charge in [0.15, 0.2) is 6.29 Å². The number of nitrogens with two attached hydrogens (primary N) is 1. The van der Waals surface area contributed by atoms with Crippen molar-refractivity contribution in [3.05, 3.63) is 24.3 Å². The van der Waals surface area contributed by atoms with Gasteiger partial charge >= 0.3 is 0 Å². The topological polar surface area (TPSA) is 99.3 Å². The Bertz CT molecular complexity index is 1460. The summed E-state index contributed by atoms with van der Waals surface area (Å²) in [6.07, 6.45) is 10.4. The molecule has 8 rings (SSSR count). The van der Waals surface area contributed by atoms with Crippen LogP contribution in [0.2, 0.25) is 0 Å². The molecule has 9 heteroatoms. The fraction of sp³-hybridized carbons (Fsp3) is 0.878. The Morgan fingerprint density at radius 3 is 2.56 bits per heavy atom. The quantitative estimate of drug-likeness (QED) is 0.338. The van der Waals surface area contributed by atoms with Crippen molar-refractivity contribution in [1.29, 1.82) is 0 Å². The zero-order chi connectivity index (χ0) is 35.6. The lowest BCUT2D eigenvalue weighted by molar-refractivity contribution is -0.230. The number of pyridine rings is 1. The summed E-state index contributed by atoms with van der Waals surface area (Å²) in [6.45, 7) is 20.9. The number of hydrogen-bond acceptors (Lipinski definition) is 8. The molecule has 0 amide bonds. The van der Waals surface area contributed by atoms with Crippen LogP contribution in [0.4, 0.5) is 10.1 Å². The highest BCUT2D eigenvalue weighted by atomic mass is 19.1. The number of hydrogen-bond donors (Lipinski definition) is 2. The Morgan fingerprint density at radius 2 is 1.84 bits per heavy atom. The summed E-state index contributed by atoms with van der Waals surface area (Å²) in [5.74, 6) is 1.13. The number of fused-ring (bicyclic) bond motifs is 4. The van der Waals surface area contributed by atoms with E-state index >= 15 is 0 Å². The van der Waals surface area contributed by atoms with Gasteiger partial charge in [0.05, 0.1) is 67.3 Å². The molecule has 8 nitrogen and oxygen atoms in total. The predicted octanol–water partition coefficient (Wildman–Crippen LogP) is 6.72. The number of halogens is 1. The highest BCUT2D eigenvalue weighted by molar-refractivity contribution is 5.44. The monoisotopic (exact) mass is 697 g/mol. The molecule has 5 aliphatic carbocycles. The second kappa shape index (κ2) is 11.8. The van der Waals surface area contributed by atoms with Crippen LogP contribution >= 0.6 is 0 Å². The Kier molecular flexibility index (Phi) is 8.43. The molecule has 0 bridgehead atoms. The molecule has 2 saturated heterocycles. The number of aromatic nitrogens is 1. The molecule has 280 valence electrons. The second-order valence-electron chi connectivity index (χ2n) is 19.7. The van der Waals surface area contributed by atoms with Crippen LogP contribution in [0.25, 0.3) is 0 Å².